The summed E-state index contributed by atoms with van der Waals surface area (Å²) < 4.78 is 4.83. The second-order valence-corrected chi connectivity index (χ2v) is 4.40. The first kappa shape index (κ1) is 16.2. The zero-order valence-corrected chi connectivity index (χ0v) is 11.9. The number of amides is 1. The highest BCUT2D eigenvalue weighted by atomic mass is 16.5. The Kier molecular flexibility index (Phi) is 6.73. The Hall–Kier alpha value is -1.88. The Bertz CT molecular complexity index is 421. The minimum atomic E-state index is -1.35. The van der Waals surface area contributed by atoms with Gasteiger partial charge in [-0.25, -0.2) is 4.79 Å². The van der Waals surface area contributed by atoms with E-state index in [4.69, 9.17) is 4.74 Å². The predicted molar refractivity (Wildman–Crippen MR) is 76.3 cm³/mol. The van der Waals surface area contributed by atoms with E-state index in [-0.39, 0.29) is 6.61 Å². The molecule has 0 fully saturated rings. The van der Waals surface area contributed by atoms with Crippen LogP contribution in [0, 0.1) is 0 Å². The molecule has 0 aromatic heterocycles. The smallest absolute Gasteiger partial charge is 0.337 e. The van der Waals surface area contributed by atoms with Gasteiger partial charge in [-0.1, -0.05) is 31.5 Å². The van der Waals surface area contributed by atoms with Crippen LogP contribution in [0.15, 0.2) is 30.3 Å². The van der Waals surface area contributed by atoms with Crippen LogP contribution in [-0.4, -0.2) is 36.2 Å². The highest BCUT2D eigenvalue weighted by Gasteiger charge is 2.31. The highest BCUT2D eigenvalue weighted by Crippen LogP contribution is 2.20. The fourth-order valence-electron chi connectivity index (χ4n) is 2.06. The van der Waals surface area contributed by atoms with E-state index in [1.807, 2.05) is 13.0 Å². The average Bonchev–Trinajstić information content (AvgIpc) is 2.47. The van der Waals surface area contributed by atoms with Crippen LogP contribution in [0.25, 0.3) is 0 Å². The summed E-state index contributed by atoms with van der Waals surface area (Å²) >= 11 is 0. The van der Waals surface area contributed by atoms with Crippen molar-refractivity contribution in [2.75, 3.05) is 11.5 Å². The van der Waals surface area contributed by atoms with Crippen LogP contribution in [0.4, 0.5) is 5.69 Å². The number of nitrogens with zero attached hydrogens (tertiary/aromatic N) is 1. The van der Waals surface area contributed by atoms with Gasteiger partial charge in [0.1, 0.15) is 0 Å². The summed E-state index contributed by atoms with van der Waals surface area (Å²) in [5, 5.41) is 10.1. The van der Waals surface area contributed by atoms with E-state index in [0.717, 1.165) is 6.42 Å². The Balaban J connectivity index is 2.98. The van der Waals surface area contributed by atoms with E-state index < -0.39 is 18.1 Å². The molecule has 0 bridgehead atoms. The van der Waals surface area contributed by atoms with Crippen LogP contribution in [0.2, 0.25) is 0 Å². The van der Waals surface area contributed by atoms with E-state index in [0.29, 0.717) is 18.5 Å². The number of ether oxygens (including phenoxy) is 1. The minimum absolute atomic E-state index is 0.196. The summed E-state index contributed by atoms with van der Waals surface area (Å²) in [6, 6.07) is 8.32. The normalized spacial score (nSPS) is 13.3. The fourth-order valence-corrected chi connectivity index (χ4v) is 2.06. The van der Waals surface area contributed by atoms with Gasteiger partial charge in [0.05, 0.1) is 12.6 Å². The number of aliphatic hydroxyl groups is 1. The lowest BCUT2D eigenvalue weighted by atomic mass is 10.0. The van der Waals surface area contributed by atoms with Crippen LogP contribution in [0.1, 0.15) is 26.7 Å². The highest BCUT2D eigenvalue weighted by molar-refractivity contribution is 5.81. The summed E-state index contributed by atoms with van der Waals surface area (Å²) in [4.78, 5) is 24.4. The Morgan fingerprint density at radius 3 is 2.50 bits per heavy atom. The number of hydrogen-bond acceptors (Lipinski definition) is 4. The van der Waals surface area contributed by atoms with Crippen molar-refractivity contribution in [2.45, 2.75) is 38.8 Å². The fraction of sp³-hybridized carbons (Fsp3) is 0.467. The van der Waals surface area contributed by atoms with Crippen molar-refractivity contribution in [2.24, 2.45) is 0 Å². The molecule has 2 atom stereocenters. The standard InChI is InChI=1S/C15H21NO4/c1-3-8-13(14(18)15(19)20-4-2)16(11-17)12-9-6-5-7-10-12/h5-7,9-11,13-14,18H,3-4,8H2,1-2H3. The van der Waals surface area contributed by atoms with Crippen LogP contribution in [0.5, 0.6) is 0 Å². The molecule has 0 heterocycles. The molecule has 1 aromatic rings. The molecule has 2 unspecified atom stereocenters. The maximum atomic E-state index is 11.7. The van der Waals surface area contributed by atoms with Crippen molar-refractivity contribution in [3.05, 3.63) is 30.3 Å². The van der Waals surface area contributed by atoms with Crippen molar-refractivity contribution in [3.8, 4) is 0 Å². The molecule has 0 saturated carbocycles. The van der Waals surface area contributed by atoms with Crippen LogP contribution in [-0.2, 0) is 14.3 Å². The van der Waals surface area contributed by atoms with Gasteiger partial charge in [0, 0.05) is 5.69 Å². The monoisotopic (exact) mass is 279 g/mol. The van der Waals surface area contributed by atoms with E-state index in [2.05, 4.69) is 0 Å². The number of para-hydroxylation sites is 1. The van der Waals surface area contributed by atoms with Crippen LogP contribution in [0.3, 0.4) is 0 Å². The summed E-state index contributed by atoms with van der Waals surface area (Å²) in [7, 11) is 0. The lowest BCUT2D eigenvalue weighted by Crippen LogP contribution is -2.47. The molecule has 5 heteroatoms. The van der Waals surface area contributed by atoms with E-state index in [1.54, 1.807) is 31.2 Å². The van der Waals surface area contributed by atoms with Crippen molar-refractivity contribution in [1.82, 2.24) is 0 Å². The quantitative estimate of drug-likeness (QED) is 0.581. The zero-order valence-electron chi connectivity index (χ0n) is 11.9. The average molecular weight is 279 g/mol. The van der Waals surface area contributed by atoms with Gasteiger partial charge in [-0.3, -0.25) is 4.79 Å². The summed E-state index contributed by atoms with van der Waals surface area (Å²) in [6.07, 6.45) is 0.532. The molecule has 1 amide bonds. The topological polar surface area (TPSA) is 66.8 Å². The second kappa shape index (κ2) is 8.32. The van der Waals surface area contributed by atoms with Gasteiger partial charge in [0.25, 0.3) is 0 Å². The molecule has 20 heavy (non-hydrogen) atoms. The Labute approximate surface area is 119 Å². The number of hydrogen-bond donors (Lipinski definition) is 1. The second-order valence-electron chi connectivity index (χ2n) is 4.40. The molecule has 1 N–H and O–H groups in total. The third-order valence-electron chi connectivity index (χ3n) is 3.00. The molecule has 110 valence electrons. The number of rotatable bonds is 8. The maximum Gasteiger partial charge on any atom is 0.337 e. The molecule has 0 spiro atoms. The van der Waals surface area contributed by atoms with Crippen molar-refractivity contribution in [1.29, 1.82) is 0 Å². The minimum Gasteiger partial charge on any atom is -0.464 e. The molecule has 5 nitrogen and oxygen atoms in total. The van der Waals surface area contributed by atoms with Gasteiger partial charge in [-0.05, 0) is 25.5 Å². The lowest BCUT2D eigenvalue weighted by Gasteiger charge is -2.30. The molecular formula is C15H21NO4. The molecule has 1 rings (SSSR count). The molecule has 0 aliphatic rings. The molecule has 0 radical (unpaired) electrons. The van der Waals surface area contributed by atoms with Gasteiger partial charge >= 0.3 is 5.97 Å². The largest absolute Gasteiger partial charge is 0.464 e. The molecule has 0 aliphatic heterocycles. The Morgan fingerprint density at radius 2 is 2.00 bits per heavy atom. The van der Waals surface area contributed by atoms with Gasteiger partial charge < -0.3 is 14.7 Å². The Morgan fingerprint density at radius 1 is 1.35 bits per heavy atom. The molecule has 0 aliphatic carbocycles. The number of carbonyl (C=O) groups is 2. The zero-order chi connectivity index (χ0) is 15.0. The molecule has 1 aromatic carbocycles. The summed E-state index contributed by atoms with van der Waals surface area (Å²) in [5.41, 5.74) is 0.643. The van der Waals surface area contributed by atoms with E-state index in [9.17, 15) is 14.7 Å². The SMILES string of the molecule is CCCC(C(O)C(=O)OCC)N(C=O)c1ccccc1. The van der Waals surface area contributed by atoms with Crippen molar-refractivity contribution >= 4 is 18.1 Å². The van der Waals surface area contributed by atoms with Gasteiger partial charge in [0.15, 0.2) is 6.10 Å². The number of carbonyl (C=O) groups excluding carboxylic acids is 2. The van der Waals surface area contributed by atoms with Gasteiger partial charge in [-0.15, -0.1) is 0 Å². The first-order chi connectivity index (χ1) is 9.65. The number of esters is 1. The third-order valence-corrected chi connectivity index (χ3v) is 3.00. The maximum absolute atomic E-state index is 11.7. The van der Waals surface area contributed by atoms with Crippen LogP contribution < -0.4 is 4.90 Å². The van der Waals surface area contributed by atoms with Crippen LogP contribution >= 0.6 is 0 Å². The molecule has 0 saturated heterocycles. The molecular weight excluding hydrogens is 258 g/mol. The first-order valence-electron chi connectivity index (χ1n) is 6.79. The van der Waals surface area contributed by atoms with Gasteiger partial charge in [-0.2, -0.15) is 0 Å². The summed E-state index contributed by atoms with van der Waals surface area (Å²) in [6.45, 7) is 3.80. The predicted octanol–water partition coefficient (Wildman–Crippen LogP) is 1.74. The van der Waals surface area contributed by atoms with Gasteiger partial charge in [0.2, 0.25) is 6.41 Å². The van der Waals surface area contributed by atoms with E-state index in [1.165, 1.54) is 4.90 Å². The number of benzene rings is 1. The van der Waals surface area contributed by atoms with Crippen molar-refractivity contribution in [3.63, 3.8) is 0 Å². The first-order valence-corrected chi connectivity index (χ1v) is 6.79. The lowest BCUT2D eigenvalue weighted by molar-refractivity contribution is -0.154. The number of anilines is 1. The van der Waals surface area contributed by atoms with E-state index >= 15 is 0 Å². The third kappa shape index (κ3) is 4.06. The van der Waals surface area contributed by atoms with Crippen molar-refractivity contribution < 1.29 is 19.4 Å². The summed E-state index contributed by atoms with van der Waals surface area (Å²) in [5.74, 6) is -0.700. The number of aliphatic hydroxyl groups excluding tert-OH is 1.